The van der Waals surface area contributed by atoms with Gasteiger partial charge in [-0.05, 0) is 19.1 Å². The number of hydrogen-bond donors (Lipinski definition) is 1. The van der Waals surface area contributed by atoms with Crippen LogP contribution in [-0.4, -0.2) is 49.7 Å². The van der Waals surface area contributed by atoms with E-state index in [2.05, 4.69) is 10.1 Å². The highest BCUT2D eigenvalue weighted by molar-refractivity contribution is 5.92. The Hall–Kier alpha value is -2.77. The van der Waals surface area contributed by atoms with Gasteiger partial charge in [-0.15, -0.1) is 5.10 Å². The van der Waals surface area contributed by atoms with Gasteiger partial charge in [-0.3, -0.25) is 9.59 Å². The third kappa shape index (κ3) is 3.58. The van der Waals surface area contributed by atoms with E-state index in [-0.39, 0.29) is 24.0 Å². The summed E-state index contributed by atoms with van der Waals surface area (Å²) in [7, 11) is 0. The number of carboxylic acid groups (broad SMARTS) is 1. The van der Waals surface area contributed by atoms with Gasteiger partial charge in [0.05, 0.1) is 0 Å². The lowest BCUT2D eigenvalue weighted by Crippen LogP contribution is -2.36. The molecule has 0 saturated carbocycles. The quantitative estimate of drug-likeness (QED) is 0.874. The van der Waals surface area contributed by atoms with Gasteiger partial charge in [0.2, 0.25) is 5.82 Å². The second kappa shape index (κ2) is 7.20. The molecule has 0 aliphatic carbocycles. The van der Waals surface area contributed by atoms with Crippen molar-refractivity contribution in [1.29, 1.82) is 0 Å². The largest absolute Gasteiger partial charge is 0.480 e. The number of rotatable bonds is 6. The predicted octanol–water partition coefficient (Wildman–Crippen LogP) is 2.08. The Morgan fingerprint density at radius 1 is 1.33 bits per heavy atom. The Morgan fingerprint density at radius 2 is 2.00 bits per heavy atom. The van der Waals surface area contributed by atoms with Crippen LogP contribution in [0.4, 0.5) is 4.39 Å². The van der Waals surface area contributed by atoms with Gasteiger partial charge in [-0.25, -0.2) is 14.1 Å². The lowest BCUT2D eigenvalue weighted by molar-refractivity contribution is -0.137. The normalized spacial score (nSPS) is 10.9. The van der Waals surface area contributed by atoms with Crippen molar-refractivity contribution in [2.45, 2.75) is 26.7 Å². The number of aromatic nitrogens is 3. The highest BCUT2D eigenvalue weighted by atomic mass is 19.1. The highest BCUT2D eigenvalue weighted by Gasteiger charge is 2.25. The fraction of sp³-hybridized carbons (Fsp3) is 0.375. The number of carboxylic acids is 1. The molecule has 0 aliphatic rings. The molecule has 0 bridgehead atoms. The summed E-state index contributed by atoms with van der Waals surface area (Å²) >= 11 is 0. The maximum Gasteiger partial charge on any atom is 0.323 e. The fourth-order valence-electron chi connectivity index (χ4n) is 2.22. The molecule has 7 nitrogen and oxygen atoms in total. The van der Waals surface area contributed by atoms with E-state index < -0.39 is 24.2 Å². The second-order valence-corrected chi connectivity index (χ2v) is 5.52. The number of carbonyl (C=O) groups excluding carboxylic acids is 1. The monoisotopic (exact) mass is 334 g/mol. The van der Waals surface area contributed by atoms with Crippen molar-refractivity contribution in [2.24, 2.45) is 0 Å². The van der Waals surface area contributed by atoms with Crippen LogP contribution in [0.3, 0.4) is 0 Å². The fourth-order valence-corrected chi connectivity index (χ4v) is 2.22. The molecule has 24 heavy (non-hydrogen) atoms. The molecule has 0 fully saturated rings. The highest BCUT2D eigenvalue weighted by Crippen LogP contribution is 2.20. The van der Waals surface area contributed by atoms with Gasteiger partial charge in [0.1, 0.15) is 23.9 Å². The third-order valence-electron chi connectivity index (χ3n) is 3.42. The number of halogens is 1. The van der Waals surface area contributed by atoms with E-state index in [9.17, 15) is 14.0 Å². The smallest absolute Gasteiger partial charge is 0.323 e. The summed E-state index contributed by atoms with van der Waals surface area (Å²) in [5, 5.41) is 13.0. The van der Waals surface area contributed by atoms with Crippen molar-refractivity contribution in [3.8, 4) is 5.69 Å². The predicted molar refractivity (Wildman–Crippen MR) is 84.6 cm³/mol. The SMILES string of the molecule is CCN(CC(=O)O)C(=O)c1nc(C(C)C)n(-c2ccccc2F)n1. The summed E-state index contributed by atoms with van der Waals surface area (Å²) in [6, 6.07) is 6.06. The van der Waals surface area contributed by atoms with Crippen molar-refractivity contribution in [1.82, 2.24) is 19.7 Å². The maximum absolute atomic E-state index is 14.1. The molecule has 0 atom stereocenters. The van der Waals surface area contributed by atoms with Crippen LogP contribution in [0.25, 0.3) is 5.69 Å². The van der Waals surface area contributed by atoms with Crippen molar-refractivity contribution in [2.75, 3.05) is 13.1 Å². The summed E-state index contributed by atoms with van der Waals surface area (Å²) in [4.78, 5) is 28.6. The third-order valence-corrected chi connectivity index (χ3v) is 3.42. The van der Waals surface area contributed by atoms with Gasteiger partial charge in [-0.1, -0.05) is 26.0 Å². The summed E-state index contributed by atoms with van der Waals surface area (Å²) in [5.41, 5.74) is 0.189. The van der Waals surface area contributed by atoms with Gasteiger partial charge < -0.3 is 10.0 Å². The molecule has 1 amide bonds. The van der Waals surface area contributed by atoms with Crippen molar-refractivity contribution < 1.29 is 19.1 Å². The zero-order chi connectivity index (χ0) is 17.9. The van der Waals surface area contributed by atoms with Crippen LogP contribution in [-0.2, 0) is 4.79 Å². The van der Waals surface area contributed by atoms with Crippen molar-refractivity contribution >= 4 is 11.9 Å². The van der Waals surface area contributed by atoms with E-state index in [1.807, 2.05) is 13.8 Å². The Kier molecular flexibility index (Phi) is 5.28. The topological polar surface area (TPSA) is 88.3 Å². The number of benzene rings is 1. The van der Waals surface area contributed by atoms with Crippen LogP contribution in [0.15, 0.2) is 24.3 Å². The number of carbonyl (C=O) groups is 2. The molecule has 1 aromatic carbocycles. The van der Waals surface area contributed by atoms with E-state index >= 15 is 0 Å². The molecule has 1 heterocycles. The molecule has 1 aromatic heterocycles. The molecule has 1 N–H and O–H groups in total. The van der Waals surface area contributed by atoms with Crippen LogP contribution in [0, 0.1) is 5.82 Å². The average molecular weight is 334 g/mol. The molecule has 2 rings (SSSR count). The molecular weight excluding hydrogens is 315 g/mol. The van der Waals surface area contributed by atoms with E-state index in [4.69, 9.17) is 5.11 Å². The van der Waals surface area contributed by atoms with E-state index in [0.29, 0.717) is 5.82 Å². The zero-order valence-corrected chi connectivity index (χ0v) is 13.7. The van der Waals surface area contributed by atoms with Crippen LogP contribution in [0.2, 0.25) is 0 Å². The first-order chi connectivity index (χ1) is 11.3. The Bertz CT molecular complexity index is 758. The molecule has 0 unspecified atom stereocenters. The van der Waals surface area contributed by atoms with E-state index in [1.165, 1.54) is 10.7 Å². The maximum atomic E-state index is 14.1. The first kappa shape index (κ1) is 17.6. The van der Waals surface area contributed by atoms with Gasteiger partial charge in [0.25, 0.3) is 5.91 Å². The minimum atomic E-state index is -1.12. The lowest BCUT2D eigenvalue weighted by Gasteiger charge is -2.16. The van der Waals surface area contributed by atoms with Crippen LogP contribution < -0.4 is 0 Å². The molecular formula is C16H19FN4O3. The minimum absolute atomic E-state index is 0.104. The first-order valence-electron chi connectivity index (χ1n) is 7.58. The van der Waals surface area contributed by atoms with Crippen LogP contribution in [0.1, 0.15) is 43.1 Å². The molecule has 8 heteroatoms. The second-order valence-electron chi connectivity index (χ2n) is 5.52. The number of nitrogens with zero attached hydrogens (tertiary/aromatic N) is 4. The number of amides is 1. The van der Waals surface area contributed by atoms with E-state index in [1.54, 1.807) is 25.1 Å². The minimum Gasteiger partial charge on any atom is -0.480 e. The standard InChI is InChI=1S/C16H19FN4O3/c1-4-20(9-13(22)23)16(24)14-18-15(10(2)3)21(19-14)12-8-6-5-7-11(12)17/h5-8,10H,4,9H2,1-3H3,(H,22,23). The van der Waals surface area contributed by atoms with E-state index in [0.717, 1.165) is 4.90 Å². The van der Waals surface area contributed by atoms with Crippen LogP contribution >= 0.6 is 0 Å². The lowest BCUT2D eigenvalue weighted by atomic mass is 10.2. The van der Waals surface area contributed by atoms with Crippen LogP contribution in [0.5, 0.6) is 0 Å². The Morgan fingerprint density at radius 3 is 2.54 bits per heavy atom. The summed E-state index contributed by atoms with van der Waals surface area (Å²) in [6.45, 7) is 5.13. The number of para-hydroxylation sites is 1. The zero-order valence-electron chi connectivity index (χ0n) is 13.7. The number of aliphatic carboxylic acids is 1. The van der Waals surface area contributed by atoms with Crippen molar-refractivity contribution in [3.63, 3.8) is 0 Å². The summed E-state index contributed by atoms with van der Waals surface area (Å²) in [6.07, 6.45) is 0. The Balaban J connectivity index is 2.47. The van der Waals surface area contributed by atoms with Gasteiger partial charge in [-0.2, -0.15) is 0 Å². The van der Waals surface area contributed by atoms with Gasteiger partial charge in [0.15, 0.2) is 0 Å². The molecule has 128 valence electrons. The Labute approximate surface area is 138 Å². The van der Waals surface area contributed by atoms with Gasteiger partial charge in [0, 0.05) is 12.5 Å². The summed E-state index contributed by atoms with van der Waals surface area (Å²) in [5.74, 6) is -2.03. The first-order valence-corrected chi connectivity index (χ1v) is 7.58. The number of likely N-dealkylation sites (N-methyl/N-ethyl adjacent to an activating group) is 1. The average Bonchev–Trinajstić information content (AvgIpc) is 2.97. The van der Waals surface area contributed by atoms with Crippen molar-refractivity contribution in [3.05, 3.63) is 41.7 Å². The molecule has 2 aromatic rings. The summed E-state index contributed by atoms with van der Waals surface area (Å²) < 4.78 is 15.4. The molecule has 0 saturated heterocycles. The number of hydrogen-bond acceptors (Lipinski definition) is 4. The van der Waals surface area contributed by atoms with Gasteiger partial charge >= 0.3 is 5.97 Å². The molecule has 0 aliphatic heterocycles. The molecule has 0 radical (unpaired) electrons. The molecule has 0 spiro atoms.